The molecule has 3 heteroatoms. The molecular weight excluding hydrogens is 263 g/mol. The van der Waals surface area contributed by atoms with E-state index in [2.05, 4.69) is 18.7 Å². The van der Waals surface area contributed by atoms with Gasteiger partial charge in [0.1, 0.15) is 5.82 Å². The van der Waals surface area contributed by atoms with Crippen LogP contribution in [-0.4, -0.2) is 18.6 Å². The second kappa shape index (κ2) is 7.26. The number of nitrogens with two attached hydrogens (primary N) is 1. The SMILES string of the molecule is CCC1CCCC(CN)(N(CC)c2ccccc2F)CC1. The van der Waals surface area contributed by atoms with Gasteiger partial charge in [0.15, 0.2) is 0 Å². The summed E-state index contributed by atoms with van der Waals surface area (Å²) in [5, 5.41) is 0. The Hall–Kier alpha value is -1.09. The zero-order valence-electron chi connectivity index (χ0n) is 13.4. The van der Waals surface area contributed by atoms with Crippen molar-refractivity contribution in [3.8, 4) is 0 Å². The minimum Gasteiger partial charge on any atom is -0.362 e. The van der Waals surface area contributed by atoms with Crippen LogP contribution in [-0.2, 0) is 0 Å². The van der Waals surface area contributed by atoms with E-state index < -0.39 is 0 Å². The molecule has 1 aromatic rings. The highest BCUT2D eigenvalue weighted by molar-refractivity contribution is 5.50. The van der Waals surface area contributed by atoms with Crippen LogP contribution < -0.4 is 10.6 Å². The number of nitrogens with zero attached hydrogens (tertiary/aromatic N) is 1. The third kappa shape index (κ3) is 3.39. The van der Waals surface area contributed by atoms with Gasteiger partial charge in [-0.2, -0.15) is 0 Å². The Kier molecular flexibility index (Phi) is 5.63. The van der Waals surface area contributed by atoms with E-state index >= 15 is 0 Å². The molecule has 0 amide bonds. The molecule has 2 unspecified atom stereocenters. The van der Waals surface area contributed by atoms with E-state index in [1.807, 2.05) is 12.1 Å². The molecule has 0 heterocycles. The van der Waals surface area contributed by atoms with E-state index in [0.717, 1.165) is 25.3 Å². The third-order valence-corrected chi connectivity index (χ3v) is 5.26. The van der Waals surface area contributed by atoms with E-state index in [1.165, 1.54) is 25.7 Å². The normalized spacial score (nSPS) is 26.4. The first-order chi connectivity index (χ1) is 10.2. The predicted octanol–water partition coefficient (Wildman–Crippen LogP) is 4.34. The minimum atomic E-state index is -0.136. The fraction of sp³-hybridized carbons (Fsp3) is 0.667. The number of halogens is 1. The lowest BCUT2D eigenvalue weighted by Gasteiger charge is -2.44. The van der Waals surface area contributed by atoms with Crippen molar-refractivity contribution in [3.63, 3.8) is 0 Å². The largest absolute Gasteiger partial charge is 0.362 e. The molecule has 0 spiro atoms. The van der Waals surface area contributed by atoms with Gasteiger partial charge in [0.25, 0.3) is 0 Å². The van der Waals surface area contributed by atoms with Crippen LogP contribution in [0.15, 0.2) is 24.3 Å². The molecule has 118 valence electrons. The Labute approximate surface area is 128 Å². The molecule has 0 radical (unpaired) electrons. The maximum absolute atomic E-state index is 14.2. The van der Waals surface area contributed by atoms with Gasteiger partial charge >= 0.3 is 0 Å². The van der Waals surface area contributed by atoms with Gasteiger partial charge in [-0.15, -0.1) is 0 Å². The van der Waals surface area contributed by atoms with Gasteiger partial charge in [-0.1, -0.05) is 38.3 Å². The predicted molar refractivity (Wildman–Crippen MR) is 88.1 cm³/mol. The number of benzene rings is 1. The van der Waals surface area contributed by atoms with E-state index in [1.54, 1.807) is 12.1 Å². The maximum Gasteiger partial charge on any atom is 0.146 e. The molecule has 1 aliphatic rings. The standard InChI is InChI=1S/C18H29FN2/c1-3-15-8-7-12-18(14-20,13-11-15)21(4-2)17-10-6-5-9-16(17)19/h5-6,9-10,15H,3-4,7-8,11-14,20H2,1-2H3. The van der Waals surface area contributed by atoms with E-state index in [-0.39, 0.29) is 11.4 Å². The molecule has 1 aliphatic carbocycles. The Balaban J connectivity index is 2.30. The first-order valence-corrected chi connectivity index (χ1v) is 8.39. The van der Waals surface area contributed by atoms with Crippen LogP contribution in [0.1, 0.15) is 52.4 Å². The summed E-state index contributed by atoms with van der Waals surface area (Å²) in [6.45, 7) is 5.78. The van der Waals surface area contributed by atoms with Crippen LogP contribution in [0.25, 0.3) is 0 Å². The van der Waals surface area contributed by atoms with Crippen LogP contribution in [0, 0.1) is 11.7 Å². The average molecular weight is 292 g/mol. The third-order valence-electron chi connectivity index (χ3n) is 5.26. The van der Waals surface area contributed by atoms with Gasteiger partial charge in [-0.25, -0.2) is 4.39 Å². The van der Waals surface area contributed by atoms with Crippen molar-refractivity contribution >= 4 is 5.69 Å². The summed E-state index contributed by atoms with van der Waals surface area (Å²) in [7, 11) is 0. The van der Waals surface area contributed by atoms with Gasteiger partial charge in [-0.05, 0) is 44.2 Å². The topological polar surface area (TPSA) is 29.3 Å². The van der Waals surface area contributed by atoms with Gasteiger partial charge < -0.3 is 10.6 Å². The fourth-order valence-electron chi connectivity index (χ4n) is 3.89. The Morgan fingerprint density at radius 3 is 2.62 bits per heavy atom. The first kappa shape index (κ1) is 16.3. The Morgan fingerprint density at radius 2 is 2.00 bits per heavy atom. The van der Waals surface area contributed by atoms with Crippen molar-refractivity contribution in [2.75, 3.05) is 18.0 Å². The van der Waals surface area contributed by atoms with E-state index in [0.29, 0.717) is 12.2 Å². The lowest BCUT2D eigenvalue weighted by atomic mass is 9.86. The smallest absolute Gasteiger partial charge is 0.146 e. The van der Waals surface area contributed by atoms with Crippen LogP contribution in [0.5, 0.6) is 0 Å². The Morgan fingerprint density at radius 1 is 1.24 bits per heavy atom. The van der Waals surface area contributed by atoms with Gasteiger partial charge in [-0.3, -0.25) is 0 Å². The van der Waals surface area contributed by atoms with Crippen molar-refractivity contribution in [2.45, 2.75) is 57.9 Å². The van der Waals surface area contributed by atoms with Crippen molar-refractivity contribution in [1.82, 2.24) is 0 Å². The molecule has 2 atom stereocenters. The van der Waals surface area contributed by atoms with Gasteiger partial charge in [0.2, 0.25) is 0 Å². The molecular formula is C18H29FN2. The first-order valence-electron chi connectivity index (χ1n) is 8.39. The van der Waals surface area contributed by atoms with Gasteiger partial charge in [0.05, 0.1) is 11.2 Å². The highest BCUT2D eigenvalue weighted by Gasteiger charge is 2.37. The summed E-state index contributed by atoms with van der Waals surface area (Å²) >= 11 is 0. The van der Waals surface area contributed by atoms with Crippen LogP contribution in [0.4, 0.5) is 10.1 Å². The van der Waals surface area contributed by atoms with Crippen LogP contribution >= 0.6 is 0 Å². The van der Waals surface area contributed by atoms with Crippen LogP contribution in [0.3, 0.4) is 0 Å². The molecule has 2 nitrogen and oxygen atoms in total. The molecule has 1 saturated carbocycles. The molecule has 0 aromatic heterocycles. The van der Waals surface area contributed by atoms with Crippen molar-refractivity contribution in [3.05, 3.63) is 30.1 Å². The number of hydrogen-bond acceptors (Lipinski definition) is 2. The monoisotopic (exact) mass is 292 g/mol. The zero-order chi connectivity index (χ0) is 15.3. The minimum absolute atomic E-state index is 0.0825. The molecule has 1 aromatic carbocycles. The summed E-state index contributed by atoms with van der Waals surface area (Å²) in [4.78, 5) is 2.22. The second-order valence-electron chi connectivity index (χ2n) is 6.33. The highest BCUT2D eigenvalue weighted by Crippen LogP contribution is 2.38. The van der Waals surface area contributed by atoms with Gasteiger partial charge in [0, 0.05) is 13.1 Å². The lowest BCUT2D eigenvalue weighted by Crippen LogP contribution is -2.54. The summed E-state index contributed by atoms with van der Waals surface area (Å²) in [5.74, 6) is 0.668. The lowest BCUT2D eigenvalue weighted by molar-refractivity contribution is 0.339. The number of rotatable bonds is 5. The zero-order valence-corrected chi connectivity index (χ0v) is 13.4. The fourth-order valence-corrected chi connectivity index (χ4v) is 3.89. The molecule has 1 fully saturated rings. The molecule has 0 saturated heterocycles. The second-order valence-corrected chi connectivity index (χ2v) is 6.33. The summed E-state index contributed by atoms with van der Waals surface area (Å²) in [5.41, 5.74) is 6.82. The number of para-hydroxylation sites is 1. The molecule has 2 N–H and O–H groups in total. The maximum atomic E-state index is 14.2. The average Bonchev–Trinajstić information content (AvgIpc) is 2.73. The number of hydrogen-bond donors (Lipinski definition) is 1. The molecule has 0 bridgehead atoms. The summed E-state index contributed by atoms with van der Waals surface area (Å²) in [6.07, 6.45) is 7.07. The Bertz CT molecular complexity index is 449. The quantitative estimate of drug-likeness (QED) is 0.818. The molecule has 0 aliphatic heterocycles. The highest BCUT2D eigenvalue weighted by atomic mass is 19.1. The number of anilines is 1. The van der Waals surface area contributed by atoms with E-state index in [9.17, 15) is 4.39 Å². The summed E-state index contributed by atoms with van der Waals surface area (Å²) < 4.78 is 14.2. The molecule has 21 heavy (non-hydrogen) atoms. The van der Waals surface area contributed by atoms with Crippen molar-refractivity contribution < 1.29 is 4.39 Å². The molecule has 2 rings (SSSR count). The van der Waals surface area contributed by atoms with E-state index in [4.69, 9.17) is 5.73 Å². The van der Waals surface area contributed by atoms with Crippen molar-refractivity contribution in [2.24, 2.45) is 11.7 Å². The van der Waals surface area contributed by atoms with Crippen molar-refractivity contribution in [1.29, 1.82) is 0 Å². The van der Waals surface area contributed by atoms with Crippen LogP contribution in [0.2, 0.25) is 0 Å². The number of likely N-dealkylation sites (N-methyl/N-ethyl adjacent to an activating group) is 1. The summed E-state index contributed by atoms with van der Waals surface area (Å²) in [6, 6.07) is 7.10.